The first-order valence-corrected chi connectivity index (χ1v) is 6.88. The molecule has 0 saturated heterocycles. The second-order valence-corrected chi connectivity index (χ2v) is 4.97. The minimum atomic E-state index is 0.501. The van der Waals surface area contributed by atoms with Crippen LogP contribution in [-0.4, -0.2) is 25.0 Å². The molecule has 0 aliphatic rings. The van der Waals surface area contributed by atoms with E-state index in [1.54, 1.807) is 25.4 Å². The van der Waals surface area contributed by atoms with Gasteiger partial charge in [-0.2, -0.15) is 0 Å². The summed E-state index contributed by atoms with van der Waals surface area (Å²) in [6.45, 7) is 0.501. The number of aromatic nitrogens is 1. The summed E-state index contributed by atoms with van der Waals surface area (Å²) in [5.74, 6) is 1.13. The van der Waals surface area contributed by atoms with Crippen molar-refractivity contribution in [2.75, 3.05) is 13.7 Å². The van der Waals surface area contributed by atoms with E-state index in [1.165, 1.54) is 0 Å². The number of carbonyl (C=O) groups is 1. The van der Waals surface area contributed by atoms with Gasteiger partial charge in [-0.15, -0.1) is 0 Å². The van der Waals surface area contributed by atoms with Crippen LogP contribution in [0.2, 0.25) is 0 Å². The molecule has 0 radical (unpaired) electrons. The van der Waals surface area contributed by atoms with Crippen molar-refractivity contribution in [3.8, 4) is 11.5 Å². The van der Waals surface area contributed by atoms with Gasteiger partial charge in [-0.1, -0.05) is 6.07 Å². The van der Waals surface area contributed by atoms with E-state index in [9.17, 15) is 4.79 Å². The first kappa shape index (κ1) is 14.5. The number of benzene rings is 1. The Morgan fingerprint density at radius 3 is 2.90 bits per heavy atom. The fourth-order valence-electron chi connectivity index (χ4n) is 1.76. The van der Waals surface area contributed by atoms with Gasteiger partial charge in [0.25, 0.3) is 0 Å². The molecular formula is C15H14BrNO3. The second-order valence-electron chi connectivity index (χ2n) is 4.11. The molecule has 0 amide bonds. The van der Waals surface area contributed by atoms with E-state index in [0.717, 1.165) is 18.3 Å². The second kappa shape index (κ2) is 7.05. The standard InChI is InChI=1S/C15H14BrNO3/c1-19-14-8-12(10-18)7-13(16)15(14)20-6-4-11-3-2-5-17-9-11/h2-3,5,7-10H,4,6H2,1H3. The monoisotopic (exact) mass is 335 g/mol. The Kier molecular flexibility index (Phi) is 5.12. The van der Waals surface area contributed by atoms with Crippen LogP contribution < -0.4 is 9.47 Å². The van der Waals surface area contributed by atoms with Gasteiger partial charge >= 0.3 is 0 Å². The molecule has 2 aromatic rings. The molecule has 0 N–H and O–H groups in total. The molecule has 0 saturated carbocycles. The quantitative estimate of drug-likeness (QED) is 0.760. The predicted octanol–water partition coefficient (Wildman–Crippen LogP) is 3.29. The largest absolute Gasteiger partial charge is 0.493 e. The Balaban J connectivity index is 2.07. The maximum atomic E-state index is 10.8. The molecule has 4 nitrogen and oxygen atoms in total. The zero-order valence-corrected chi connectivity index (χ0v) is 12.6. The maximum Gasteiger partial charge on any atom is 0.175 e. The van der Waals surface area contributed by atoms with Crippen LogP contribution in [0.25, 0.3) is 0 Å². The van der Waals surface area contributed by atoms with Crippen molar-refractivity contribution in [3.63, 3.8) is 0 Å². The molecule has 1 aromatic carbocycles. The van der Waals surface area contributed by atoms with E-state index < -0.39 is 0 Å². The van der Waals surface area contributed by atoms with Crippen molar-refractivity contribution in [2.45, 2.75) is 6.42 Å². The van der Waals surface area contributed by atoms with E-state index in [2.05, 4.69) is 20.9 Å². The number of hydrogen-bond donors (Lipinski definition) is 0. The van der Waals surface area contributed by atoms with Crippen LogP contribution >= 0.6 is 15.9 Å². The molecule has 0 unspecified atom stereocenters. The molecule has 0 aliphatic heterocycles. The lowest BCUT2D eigenvalue weighted by Crippen LogP contribution is -2.04. The molecule has 20 heavy (non-hydrogen) atoms. The molecule has 0 bridgehead atoms. The molecular weight excluding hydrogens is 322 g/mol. The third kappa shape index (κ3) is 3.57. The van der Waals surface area contributed by atoms with E-state index in [0.29, 0.717) is 28.1 Å². The van der Waals surface area contributed by atoms with E-state index in [1.807, 2.05) is 18.3 Å². The number of carbonyl (C=O) groups excluding carboxylic acids is 1. The Morgan fingerprint density at radius 1 is 1.40 bits per heavy atom. The minimum absolute atomic E-state index is 0.501. The molecule has 0 spiro atoms. The molecule has 0 aliphatic carbocycles. The maximum absolute atomic E-state index is 10.8. The van der Waals surface area contributed by atoms with E-state index >= 15 is 0 Å². The van der Waals surface area contributed by atoms with Crippen molar-refractivity contribution in [1.29, 1.82) is 0 Å². The van der Waals surface area contributed by atoms with Gasteiger partial charge in [0.1, 0.15) is 6.29 Å². The van der Waals surface area contributed by atoms with Crippen molar-refractivity contribution in [2.24, 2.45) is 0 Å². The van der Waals surface area contributed by atoms with Crippen LogP contribution in [-0.2, 0) is 6.42 Å². The van der Waals surface area contributed by atoms with Gasteiger partial charge in [0.05, 0.1) is 18.2 Å². The average Bonchev–Trinajstić information content (AvgIpc) is 2.49. The smallest absolute Gasteiger partial charge is 0.175 e. The number of nitrogens with zero attached hydrogens (tertiary/aromatic N) is 1. The number of halogens is 1. The Labute approximate surface area is 125 Å². The van der Waals surface area contributed by atoms with Gasteiger partial charge in [0.2, 0.25) is 0 Å². The molecule has 1 heterocycles. The fraction of sp³-hybridized carbons (Fsp3) is 0.200. The molecule has 0 atom stereocenters. The fourth-order valence-corrected chi connectivity index (χ4v) is 2.34. The first-order chi connectivity index (χ1) is 9.74. The van der Waals surface area contributed by atoms with Crippen molar-refractivity contribution in [1.82, 2.24) is 4.98 Å². The molecule has 0 fully saturated rings. The van der Waals surface area contributed by atoms with Crippen molar-refractivity contribution < 1.29 is 14.3 Å². The lowest BCUT2D eigenvalue weighted by atomic mass is 10.2. The topological polar surface area (TPSA) is 48.4 Å². The van der Waals surface area contributed by atoms with Gasteiger partial charge in [-0.05, 0) is 39.7 Å². The number of rotatable bonds is 6. The van der Waals surface area contributed by atoms with Gasteiger partial charge in [-0.25, -0.2) is 0 Å². The highest BCUT2D eigenvalue weighted by Crippen LogP contribution is 2.36. The van der Waals surface area contributed by atoms with Crippen molar-refractivity contribution >= 4 is 22.2 Å². The highest BCUT2D eigenvalue weighted by atomic mass is 79.9. The van der Waals surface area contributed by atoms with E-state index in [4.69, 9.17) is 9.47 Å². The summed E-state index contributed by atoms with van der Waals surface area (Å²) < 4.78 is 11.7. The molecule has 2 rings (SSSR count). The van der Waals surface area contributed by atoms with Crippen LogP contribution in [0.1, 0.15) is 15.9 Å². The Bertz CT molecular complexity index is 587. The SMILES string of the molecule is COc1cc(C=O)cc(Br)c1OCCc1cccnc1. The Morgan fingerprint density at radius 2 is 2.25 bits per heavy atom. The average molecular weight is 336 g/mol. The van der Waals surface area contributed by atoms with Crippen LogP contribution in [0.15, 0.2) is 41.1 Å². The summed E-state index contributed by atoms with van der Waals surface area (Å²) in [5, 5.41) is 0. The summed E-state index contributed by atoms with van der Waals surface area (Å²) in [4.78, 5) is 14.9. The van der Waals surface area contributed by atoms with Gasteiger partial charge in [-0.3, -0.25) is 9.78 Å². The normalized spacial score (nSPS) is 10.1. The van der Waals surface area contributed by atoms with Gasteiger partial charge in [0.15, 0.2) is 11.5 Å². The predicted molar refractivity (Wildman–Crippen MR) is 79.5 cm³/mol. The number of ether oxygens (including phenoxy) is 2. The highest BCUT2D eigenvalue weighted by molar-refractivity contribution is 9.10. The number of methoxy groups -OCH3 is 1. The highest BCUT2D eigenvalue weighted by Gasteiger charge is 2.11. The summed E-state index contributed by atoms with van der Waals surface area (Å²) in [7, 11) is 1.55. The van der Waals surface area contributed by atoms with E-state index in [-0.39, 0.29) is 0 Å². The summed E-state index contributed by atoms with van der Waals surface area (Å²) in [5.41, 5.74) is 1.64. The van der Waals surface area contributed by atoms with Crippen molar-refractivity contribution in [3.05, 3.63) is 52.3 Å². The first-order valence-electron chi connectivity index (χ1n) is 6.09. The molecule has 1 aromatic heterocycles. The zero-order chi connectivity index (χ0) is 14.4. The van der Waals surface area contributed by atoms with Gasteiger partial charge < -0.3 is 9.47 Å². The number of hydrogen-bond acceptors (Lipinski definition) is 4. The number of aldehydes is 1. The third-order valence-corrected chi connectivity index (χ3v) is 3.34. The summed E-state index contributed by atoms with van der Waals surface area (Å²) >= 11 is 3.39. The van der Waals surface area contributed by atoms with Crippen LogP contribution in [0, 0.1) is 0 Å². The molecule has 104 valence electrons. The van der Waals surface area contributed by atoms with Gasteiger partial charge in [0, 0.05) is 24.4 Å². The third-order valence-electron chi connectivity index (χ3n) is 2.75. The minimum Gasteiger partial charge on any atom is -0.493 e. The van der Waals surface area contributed by atoms with Crippen LogP contribution in [0.5, 0.6) is 11.5 Å². The number of pyridine rings is 1. The lowest BCUT2D eigenvalue weighted by molar-refractivity contribution is 0.112. The lowest BCUT2D eigenvalue weighted by Gasteiger charge is -2.13. The van der Waals surface area contributed by atoms with Crippen LogP contribution in [0.4, 0.5) is 0 Å². The Hall–Kier alpha value is -1.88. The molecule has 5 heteroatoms. The summed E-state index contributed by atoms with van der Waals surface area (Å²) in [6.07, 6.45) is 5.07. The van der Waals surface area contributed by atoms with Crippen LogP contribution in [0.3, 0.4) is 0 Å². The summed E-state index contributed by atoms with van der Waals surface area (Å²) in [6, 6.07) is 7.24. The zero-order valence-electron chi connectivity index (χ0n) is 11.0.